The molecule has 0 amide bonds. The maximum Gasteiger partial charge on any atom is 0.0661 e. The van der Waals surface area contributed by atoms with Gasteiger partial charge in [0.15, 0.2) is 0 Å². The summed E-state index contributed by atoms with van der Waals surface area (Å²) in [7, 11) is 0. The Morgan fingerprint density at radius 1 is 1.24 bits per heavy atom. The first-order valence-electron chi connectivity index (χ1n) is 5.95. The molecule has 0 bridgehead atoms. The molecular formula is C13H19Cl2NO. The number of nitrogens with one attached hydrogen (secondary N) is 1. The van der Waals surface area contributed by atoms with Crippen molar-refractivity contribution in [1.82, 2.24) is 5.32 Å². The number of halogens is 2. The van der Waals surface area contributed by atoms with Crippen molar-refractivity contribution in [2.45, 2.75) is 26.3 Å². The lowest BCUT2D eigenvalue weighted by Crippen LogP contribution is -2.25. The average molecular weight is 276 g/mol. The summed E-state index contributed by atoms with van der Waals surface area (Å²) in [5.74, 6) is 0. The van der Waals surface area contributed by atoms with Gasteiger partial charge in [-0.1, -0.05) is 43.1 Å². The van der Waals surface area contributed by atoms with Gasteiger partial charge in [0.1, 0.15) is 0 Å². The lowest BCUT2D eigenvalue weighted by Gasteiger charge is -2.18. The Morgan fingerprint density at radius 2 is 2.00 bits per heavy atom. The first kappa shape index (κ1) is 14.8. The zero-order valence-electron chi connectivity index (χ0n) is 10.3. The van der Waals surface area contributed by atoms with Gasteiger partial charge in [-0.3, -0.25) is 0 Å². The van der Waals surface area contributed by atoms with Crippen molar-refractivity contribution < 1.29 is 4.74 Å². The van der Waals surface area contributed by atoms with Crippen molar-refractivity contribution in [2.24, 2.45) is 0 Å². The van der Waals surface area contributed by atoms with Crippen LogP contribution in [-0.4, -0.2) is 19.8 Å². The largest absolute Gasteiger partial charge is 0.379 e. The molecule has 0 aromatic heterocycles. The molecule has 1 unspecified atom stereocenters. The minimum atomic E-state index is 0.168. The van der Waals surface area contributed by atoms with Gasteiger partial charge < -0.3 is 10.1 Å². The van der Waals surface area contributed by atoms with Crippen LogP contribution in [0.3, 0.4) is 0 Å². The van der Waals surface area contributed by atoms with Crippen molar-refractivity contribution in [3.63, 3.8) is 0 Å². The first-order valence-corrected chi connectivity index (χ1v) is 6.70. The summed E-state index contributed by atoms with van der Waals surface area (Å²) in [6.45, 7) is 6.50. The number of hydrogen-bond acceptors (Lipinski definition) is 2. The lowest BCUT2D eigenvalue weighted by molar-refractivity contribution is 0.112. The topological polar surface area (TPSA) is 21.3 Å². The Bertz CT molecular complexity index is 344. The highest BCUT2D eigenvalue weighted by Crippen LogP contribution is 2.25. The van der Waals surface area contributed by atoms with Crippen LogP contribution in [-0.2, 0) is 4.74 Å². The van der Waals surface area contributed by atoms with Crippen LogP contribution in [0.1, 0.15) is 31.9 Å². The molecular weight excluding hydrogens is 257 g/mol. The van der Waals surface area contributed by atoms with Crippen LogP contribution >= 0.6 is 23.2 Å². The minimum Gasteiger partial charge on any atom is -0.379 e. The van der Waals surface area contributed by atoms with Crippen molar-refractivity contribution >= 4 is 23.2 Å². The van der Waals surface area contributed by atoms with Crippen LogP contribution in [0.2, 0.25) is 10.0 Å². The maximum absolute atomic E-state index is 6.02. The van der Waals surface area contributed by atoms with Gasteiger partial charge in [-0.25, -0.2) is 0 Å². The van der Waals surface area contributed by atoms with Crippen LogP contribution < -0.4 is 5.32 Å². The van der Waals surface area contributed by atoms with Crippen LogP contribution in [0.4, 0.5) is 0 Å². The number of rotatable bonds is 7. The molecule has 0 heterocycles. The smallest absolute Gasteiger partial charge is 0.0661 e. The van der Waals surface area contributed by atoms with E-state index in [-0.39, 0.29) is 6.04 Å². The molecule has 2 nitrogen and oxygen atoms in total. The van der Waals surface area contributed by atoms with Gasteiger partial charge in [0.05, 0.1) is 22.7 Å². The molecule has 1 aromatic carbocycles. The zero-order valence-corrected chi connectivity index (χ0v) is 11.8. The summed E-state index contributed by atoms with van der Waals surface area (Å²) < 4.78 is 5.58. The van der Waals surface area contributed by atoms with Crippen molar-refractivity contribution in [3.05, 3.63) is 33.8 Å². The van der Waals surface area contributed by atoms with E-state index in [1.54, 1.807) is 0 Å². The molecule has 0 spiro atoms. The summed E-state index contributed by atoms with van der Waals surface area (Å²) in [6, 6.07) is 5.87. The molecule has 1 atom stereocenters. The van der Waals surface area contributed by atoms with Gasteiger partial charge in [-0.05, 0) is 30.7 Å². The third kappa shape index (κ3) is 4.84. The summed E-state index contributed by atoms with van der Waals surface area (Å²) in [5.41, 5.74) is 1.11. The monoisotopic (exact) mass is 275 g/mol. The average Bonchev–Trinajstić information content (AvgIpc) is 2.32. The SMILES string of the molecule is CCCOCC(NCC)c1ccc(Cl)c(Cl)c1. The Labute approximate surface area is 113 Å². The molecule has 1 N–H and O–H groups in total. The van der Waals surface area contributed by atoms with Gasteiger partial charge in [-0.2, -0.15) is 0 Å². The molecule has 0 fully saturated rings. The van der Waals surface area contributed by atoms with E-state index in [1.165, 1.54) is 0 Å². The van der Waals surface area contributed by atoms with Gasteiger partial charge in [0, 0.05) is 6.61 Å². The van der Waals surface area contributed by atoms with Crippen molar-refractivity contribution in [3.8, 4) is 0 Å². The van der Waals surface area contributed by atoms with Crippen molar-refractivity contribution in [1.29, 1.82) is 0 Å². The Balaban J connectivity index is 2.70. The number of benzene rings is 1. The van der Waals surface area contributed by atoms with E-state index in [0.29, 0.717) is 16.7 Å². The van der Waals surface area contributed by atoms with E-state index in [0.717, 1.165) is 25.1 Å². The second kappa shape index (κ2) is 7.93. The van der Waals surface area contributed by atoms with E-state index < -0.39 is 0 Å². The van der Waals surface area contributed by atoms with E-state index in [9.17, 15) is 0 Å². The standard InChI is InChI=1S/C13H19Cl2NO/c1-3-7-17-9-13(16-4-2)10-5-6-11(14)12(15)8-10/h5-6,8,13,16H,3-4,7,9H2,1-2H3. The Kier molecular flexibility index (Phi) is 6.90. The fourth-order valence-electron chi connectivity index (χ4n) is 1.59. The summed E-state index contributed by atoms with van der Waals surface area (Å²) in [4.78, 5) is 0. The van der Waals surface area contributed by atoms with Crippen LogP contribution in [0, 0.1) is 0 Å². The van der Waals surface area contributed by atoms with Gasteiger partial charge in [0.2, 0.25) is 0 Å². The van der Waals surface area contributed by atoms with E-state index in [1.807, 2.05) is 18.2 Å². The molecule has 96 valence electrons. The van der Waals surface area contributed by atoms with Gasteiger partial charge >= 0.3 is 0 Å². The Hall–Kier alpha value is -0.280. The third-order valence-corrected chi connectivity index (χ3v) is 3.17. The summed E-state index contributed by atoms with van der Waals surface area (Å²) in [6.07, 6.45) is 1.03. The molecule has 1 rings (SSSR count). The quantitative estimate of drug-likeness (QED) is 0.758. The molecule has 1 aromatic rings. The van der Waals surface area contributed by atoms with Crippen LogP contribution in [0.5, 0.6) is 0 Å². The summed E-state index contributed by atoms with van der Waals surface area (Å²) in [5, 5.41) is 4.55. The highest BCUT2D eigenvalue weighted by atomic mass is 35.5. The van der Waals surface area contributed by atoms with Gasteiger partial charge in [-0.15, -0.1) is 0 Å². The molecule has 4 heteroatoms. The second-order valence-corrected chi connectivity index (χ2v) is 4.67. The highest BCUT2D eigenvalue weighted by Gasteiger charge is 2.11. The zero-order chi connectivity index (χ0) is 12.7. The predicted molar refractivity (Wildman–Crippen MR) is 74.0 cm³/mol. The first-order chi connectivity index (χ1) is 8.19. The summed E-state index contributed by atoms with van der Waals surface area (Å²) >= 11 is 11.9. The van der Waals surface area contributed by atoms with Gasteiger partial charge in [0.25, 0.3) is 0 Å². The second-order valence-electron chi connectivity index (χ2n) is 3.86. The fourth-order valence-corrected chi connectivity index (χ4v) is 1.90. The molecule has 0 aliphatic heterocycles. The molecule has 0 radical (unpaired) electrons. The fraction of sp³-hybridized carbons (Fsp3) is 0.538. The number of hydrogen-bond donors (Lipinski definition) is 1. The third-order valence-electron chi connectivity index (χ3n) is 2.43. The Morgan fingerprint density at radius 3 is 2.59 bits per heavy atom. The highest BCUT2D eigenvalue weighted by molar-refractivity contribution is 6.42. The van der Waals surface area contributed by atoms with E-state index in [4.69, 9.17) is 27.9 Å². The van der Waals surface area contributed by atoms with E-state index in [2.05, 4.69) is 19.2 Å². The van der Waals surface area contributed by atoms with Crippen LogP contribution in [0.15, 0.2) is 18.2 Å². The molecule has 0 aliphatic rings. The normalized spacial score (nSPS) is 12.7. The molecule has 17 heavy (non-hydrogen) atoms. The molecule has 0 aliphatic carbocycles. The van der Waals surface area contributed by atoms with E-state index >= 15 is 0 Å². The molecule has 0 saturated carbocycles. The number of likely N-dealkylation sites (N-methyl/N-ethyl adjacent to an activating group) is 1. The predicted octanol–water partition coefficient (Wildman–Crippen LogP) is 4.07. The lowest BCUT2D eigenvalue weighted by atomic mass is 10.1. The number of ether oxygens (including phenoxy) is 1. The maximum atomic E-state index is 6.02. The van der Waals surface area contributed by atoms with Crippen molar-refractivity contribution in [2.75, 3.05) is 19.8 Å². The van der Waals surface area contributed by atoms with Crippen LogP contribution in [0.25, 0.3) is 0 Å². The molecule has 0 saturated heterocycles. The minimum absolute atomic E-state index is 0.168.